The second kappa shape index (κ2) is 3.32. The van der Waals surface area contributed by atoms with Gasteiger partial charge in [0.15, 0.2) is 0 Å². The van der Waals surface area contributed by atoms with E-state index in [1.807, 2.05) is 6.07 Å². The van der Waals surface area contributed by atoms with Gasteiger partial charge in [-0.3, -0.25) is 4.79 Å². The summed E-state index contributed by atoms with van der Waals surface area (Å²) in [7, 11) is 0. The quantitative estimate of drug-likeness (QED) is 0.778. The highest BCUT2D eigenvalue weighted by Crippen LogP contribution is 2.31. The van der Waals surface area contributed by atoms with Gasteiger partial charge in [0.05, 0.1) is 20.9 Å². The molecule has 5 heteroatoms. The van der Waals surface area contributed by atoms with Crippen LogP contribution in [0.3, 0.4) is 0 Å². The summed E-state index contributed by atoms with van der Waals surface area (Å²) in [6.07, 6.45) is 0.597. The standard InChI is InChI=1S/C8H5ClN2OS/c9-5-1-2-6-8(11-4-13-6)7(5)10-3-12/h1-4H,(H,10,12). The van der Waals surface area contributed by atoms with E-state index in [0.717, 1.165) is 10.2 Å². The molecule has 0 aliphatic heterocycles. The molecule has 0 aliphatic carbocycles. The molecule has 0 saturated carbocycles. The van der Waals surface area contributed by atoms with Crippen molar-refractivity contribution < 1.29 is 4.79 Å². The maximum Gasteiger partial charge on any atom is 0.211 e. The van der Waals surface area contributed by atoms with Gasteiger partial charge in [-0.1, -0.05) is 11.6 Å². The van der Waals surface area contributed by atoms with Crippen molar-refractivity contribution in [3.05, 3.63) is 22.7 Å². The number of halogens is 1. The van der Waals surface area contributed by atoms with Gasteiger partial charge in [0.25, 0.3) is 0 Å². The summed E-state index contributed by atoms with van der Waals surface area (Å²) in [4.78, 5) is 14.4. The van der Waals surface area contributed by atoms with Gasteiger partial charge in [-0.2, -0.15) is 0 Å². The maximum absolute atomic E-state index is 10.3. The normalized spacial score (nSPS) is 10.2. The molecule has 2 rings (SSSR count). The summed E-state index contributed by atoms with van der Waals surface area (Å²) in [6, 6.07) is 3.62. The number of nitrogens with zero attached hydrogens (tertiary/aromatic N) is 1. The Bertz CT molecular complexity index is 454. The highest BCUT2D eigenvalue weighted by molar-refractivity contribution is 7.16. The zero-order valence-electron chi connectivity index (χ0n) is 6.45. The second-order valence-corrected chi connectivity index (χ2v) is 3.68. The largest absolute Gasteiger partial charge is 0.326 e. The molecule has 66 valence electrons. The van der Waals surface area contributed by atoms with Crippen molar-refractivity contribution in [3.8, 4) is 0 Å². The summed E-state index contributed by atoms with van der Waals surface area (Å²) in [5, 5.41) is 3.04. The lowest BCUT2D eigenvalue weighted by atomic mass is 10.3. The molecule has 0 saturated heterocycles. The number of rotatable bonds is 2. The molecule has 0 fully saturated rings. The third kappa shape index (κ3) is 1.38. The topological polar surface area (TPSA) is 42.0 Å². The van der Waals surface area contributed by atoms with Crippen LogP contribution in [0.15, 0.2) is 17.6 Å². The first kappa shape index (κ1) is 8.47. The van der Waals surface area contributed by atoms with E-state index < -0.39 is 0 Å². The zero-order valence-corrected chi connectivity index (χ0v) is 8.02. The van der Waals surface area contributed by atoms with E-state index in [1.54, 1.807) is 11.6 Å². The SMILES string of the molecule is O=CNc1c(Cl)ccc2scnc12. The number of hydrogen-bond donors (Lipinski definition) is 1. The minimum Gasteiger partial charge on any atom is -0.326 e. The van der Waals surface area contributed by atoms with Crippen molar-refractivity contribution in [1.29, 1.82) is 0 Å². The van der Waals surface area contributed by atoms with Crippen LogP contribution >= 0.6 is 22.9 Å². The average Bonchev–Trinajstić information content (AvgIpc) is 2.58. The van der Waals surface area contributed by atoms with E-state index in [4.69, 9.17) is 11.6 Å². The lowest BCUT2D eigenvalue weighted by Gasteiger charge is -2.01. The van der Waals surface area contributed by atoms with Crippen molar-refractivity contribution in [3.63, 3.8) is 0 Å². The number of benzene rings is 1. The number of thiazole rings is 1. The van der Waals surface area contributed by atoms with Gasteiger partial charge in [0.2, 0.25) is 6.41 Å². The molecule has 1 N–H and O–H groups in total. The monoisotopic (exact) mass is 212 g/mol. The molecule has 1 amide bonds. The fourth-order valence-corrected chi connectivity index (χ4v) is 1.99. The van der Waals surface area contributed by atoms with E-state index in [-0.39, 0.29) is 0 Å². The van der Waals surface area contributed by atoms with Gasteiger partial charge >= 0.3 is 0 Å². The highest BCUT2D eigenvalue weighted by Gasteiger charge is 2.06. The molecular weight excluding hydrogens is 208 g/mol. The van der Waals surface area contributed by atoms with Crippen molar-refractivity contribution in [2.75, 3.05) is 5.32 Å². The van der Waals surface area contributed by atoms with Crippen LogP contribution in [0.25, 0.3) is 10.2 Å². The number of amides is 1. The smallest absolute Gasteiger partial charge is 0.211 e. The average molecular weight is 213 g/mol. The number of carbonyl (C=O) groups is 1. The van der Waals surface area contributed by atoms with Crippen LogP contribution in [0, 0.1) is 0 Å². The van der Waals surface area contributed by atoms with Gasteiger partial charge in [-0.15, -0.1) is 11.3 Å². The third-order valence-corrected chi connectivity index (χ3v) is 2.76. The highest BCUT2D eigenvalue weighted by atomic mass is 35.5. The number of hydrogen-bond acceptors (Lipinski definition) is 3. The van der Waals surface area contributed by atoms with Gasteiger partial charge in [0, 0.05) is 0 Å². The van der Waals surface area contributed by atoms with E-state index in [2.05, 4.69) is 10.3 Å². The molecule has 1 heterocycles. The summed E-state index contributed by atoms with van der Waals surface area (Å²) in [5.74, 6) is 0. The summed E-state index contributed by atoms with van der Waals surface area (Å²) >= 11 is 7.39. The van der Waals surface area contributed by atoms with Crippen molar-refractivity contribution >= 4 is 45.3 Å². The molecule has 0 atom stereocenters. The molecule has 3 nitrogen and oxygen atoms in total. The second-order valence-electron chi connectivity index (χ2n) is 2.38. The molecule has 1 aromatic heterocycles. The number of carbonyl (C=O) groups excluding carboxylic acids is 1. The molecular formula is C8H5ClN2OS. The van der Waals surface area contributed by atoms with E-state index in [0.29, 0.717) is 17.1 Å². The zero-order chi connectivity index (χ0) is 9.26. The Morgan fingerprint density at radius 2 is 2.38 bits per heavy atom. The summed E-state index contributed by atoms with van der Waals surface area (Å²) in [6.45, 7) is 0. The number of aromatic nitrogens is 1. The first-order valence-electron chi connectivity index (χ1n) is 3.55. The number of fused-ring (bicyclic) bond motifs is 1. The Morgan fingerprint density at radius 3 is 3.15 bits per heavy atom. The third-order valence-electron chi connectivity index (χ3n) is 1.65. The first-order chi connectivity index (χ1) is 6.33. The first-order valence-corrected chi connectivity index (χ1v) is 4.80. The van der Waals surface area contributed by atoms with Crippen LogP contribution < -0.4 is 5.32 Å². The lowest BCUT2D eigenvalue weighted by molar-refractivity contribution is -0.105. The molecule has 0 spiro atoms. The molecule has 0 aliphatic rings. The maximum atomic E-state index is 10.3. The van der Waals surface area contributed by atoms with Crippen LogP contribution in [-0.2, 0) is 4.79 Å². The van der Waals surface area contributed by atoms with Crippen molar-refractivity contribution in [1.82, 2.24) is 4.98 Å². The Balaban J connectivity index is 2.72. The Kier molecular flexibility index (Phi) is 2.16. The van der Waals surface area contributed by atoms with Crippen LogP contribution in [0.2, 0.25) is 5.02 Å². The van der Waals surface area contributed by atoms with E-state index >= 15 is 0 Å². The summed E-state index contributed by atoms with van der Waals surface area (Å²) < 4.78 is 1.01. The molecule has 2 aromatic rings. The summed E-state index contributed by atoms with van der Waals surface area (Å²) in [5.41, 5.74) is 3.04. The van der Waals surface area contributed by atoms with Crippen molar-refractivity contribution in [2.24, 2.45) is 0 Å². The van der Waals surface area contributed by atoms with Gasteiger partial charge in [-0.05, 0) is 12.1 Å². The minimum atomic E-state index is 0.505. The minimum absolute atomic E-state index is 0.505. The van der Waals surface area contributed by atoms with Crippen molar-refractivity contribution in [2.45, 2.75) is 0 Å². The van der Waals surface area contributed by atoms with Crippen LogP contribution in [0.5, 0.6) is 0 Å². The van der Waals surface area contributed by atoms with E-state index in [9.17, 15) is 4.79 Å². The lowest BCUT2D eigenvalue weighted by Crippen LogP contribution is -1.95. The predicted octanol–water partition coefficient (Wildman–Crippen LogP) is 2.52. The van der Waals surface area contributed by atoms with Crippen LogP contribution in [0.4, 0.5) is 5.69 Å². The number of nitrogens with one attached hydrogen (secondary N) is 1. The molecule has 13 heavy (non-hydrogen) atoms. The fourth-order valence-electron chi connectivity index (χ4n) is 1.10. The Hall–Kier alpha value is -1.13. The molecule has 0 unspecified atom stereocenters. The van der Waals surface area contributed by atoms with E-state index in [1.165, 1.54) is 11.3 Å². The van der Waals surface area contributed by atoms with Crippen LogP contribution in [-0.4, -0.2) is 11.4 Å². The molecule has 0 bridgehead atoms. The van der Waals surface area contributed by atoms with Gasteiger partial charge in [-0.25, -0.2) is 4.98 Å². The van der Waals surface area contributed by atoms with Gasteiger partial charge in [0.1, 0.15) is 5.52 Å². The Morgan fingerprint density at radius 1 is 1.54 bits per heavy atom. The molecule has 1 aromatic carbocycles. The van der Waals surface area contributed by atoms with Gasteiger partial charge < -0.3 is 5.32 Å². The molecule has 0 radical (unpaired) electrons. The number of anilines is 1. The Labute approximate surface area is 83.4 Å². The fraction of sp³-hybridized carbons (Fsp3) is 0. The predicted molar refractivity (Wildman–Crippen MR) is 54.3 cm³/mol. The van der Waals surface area contributed by atoms with Crippen LogP contribution in [0.1, 0.15) is 0 Å².